The zero-order valence-electron chi connectivity index (χ0n) is 21.2. The Morgan fingerprint density at radius 3 is 2.66 bits per heavy atom. The molecule has 2 heterocycles. The number of aromatic nitrogens is 1. The van der Waals surface area contributed by atoms with Crippen LogP contribution in [0, 0.1) is 0 Å². The van der Waals surface area contributed by atoms with Crippen molar-refractivity contribution in [3.63, 3.8) is 0 Å². The molecule has 0 radical (unpaired) electrons. The number of nitrogens with zero attached hydrogens (tertiary/aromatic N) is 3. The van der Waals surface area contributed by atoms with E-state index >= 15 is 0 Å². The number of rotatable bonds is 11. The molecule has 1 N–H and O–H groups in total. The van der Waals surface area contributed by atoms with E-state index < -0.39 is 6.10 Å². The first-order chi connectivity index (χ1) is 17.0. The van der Waals surface area contributed by atoms with Crippen molar-refractivity contribution in [3.8, 4) is 11.3 Å². The quantitative estimate of drug-likeness (QED) is 0.491. The fourth-order valence-corrected chi connectivity index (χ4v) is 4.02. The highest BCUT2D eigenvalue weighted by atomic mass is 16.5. The molecule has 3 rings (SSSR count). The Labute approximate surface area is 208 Å². The van der Waals surface area contributed by atoms with Crippen molar-refractivity contribution in [2.24, 2.45) is 0 Å². The summed E-state index contributed by atoms with van der Waals surface area (Å²) in [5, 5.41) is 2.97. The summed E-state index contributed by atoms with van der Waals surface area (Å²) in [6.45, 7) is 7.52. The van der Waals surface area contributed by atoms with E-state index in [9.17, 15) is 9.59 Å². The van der Waals surface area contributed by atoms with Crippen LogP contribution in [-0.4, -0.2) is 74.4 Å². The van der Waals surface area contributed by atoms with Crippen LogP contribution in [-0.2, 0) is 20.7 Å². The predicted octanol–water partition coefficient (Wildman–Crippen LogP) is 3.89. The number of hydrogen-bond acceptors (Lipinski definition) is 5. The number of unbranched alkanes of at least 4 members (excludes halogenated alkanes) is 2. The third-order valence-corrected chi connectivity index (χ3v) is 6.10. The number of pyridine rings is 1. The zero-order valence-corrected chi connectivity index (χ0v) is 21.2. The number of morpholine rings is 1. The van der Waals surface area contributed by atoms with E-state index in [0.717, 1.165) is 41.8 Å². The van der Waals surface area contributed by atoms with Crippen molar-refractivity contribution in [2.75, 3.05) is 51.4 Å². The smallest absolute Gasteiger partial charge is 0.321 e. The third-order valence-electron chi connectivity index (χ3n) is 6.10. The lowest BCUT2D eigenvalue weighted by Crippen LogP contribution is -2.47. The first kappa shape index (κ1) is 26.6. The number of urea groups is 1. The Kier molecular flexibility index (Phi) is 10.5. The van der Waals surface area contributed by atoms with E-state index in [-0.39, 0.29) is 11.9 Å². The van der Waals surface area contributed by atoms with Crippen LogP contribution in [0.5, 0.6) is 0 Å². The van der Waals surface area contributed by atoms with Gasteiger partial charge in [-0.2, -0.15) is 0 Å². The van der Waals surface area contributed by atoms with E-state index in [0.29, 0.717) is 45.9 Å². The van der Waals surface area contributed by atoms with E-state index in [4.69, 9.17) is 9.47 Å². The van der Waals surface area contributed by atoms with Gasteiger partial charge < -0.3 is 19.7 Å². The summed E-state index contributed by atoms with van der Waals surface area (Å²) in [5.74, 6) is 0.00272. The Morgan fingerprint density at radius 1 is 1.17 bits per heavy atom. The van der Waals surface area contributed by atoms with Gasteiger partial charge in [-0.1, -0.05) is 38.0 Å². The summed E-state index contributed by atoms with van der Waals surface area (Å²) in [6.07, 6.45) is 4.94. The SMILES string of the molecule is CCCCCNC(=O)N(C)c1cccc(-c2ccc(C[C@H](OCC)C(=O)N3CCOCC3)cn2)c1. The van der Waals surface area contributed by atoms with Crippen LogP contribution in [0.1, 0.15) is 38.7 Å². The van der Waals surface area contributed by atoms with Crippen molar-refractivity contribution < 1.29 is 19.1 Å². The monoisotopic (exact) mass is 482 g/mol. The van der Waals surface area contributed by atoms with Crippen LogP contribution in [0.25, 0.3) is 11.3 Å². The maximum absolute atomic E-state index is 12.9. The second-order valence-corrected chi connectivity index (χ2v) is 8.69. The molecular formula is C27H38N4O4. The maximum atomic E-state index is 12.9. The molecule has 1 aromatic carbocycles. The standard InChI is InChI=1S/C27H38N4O4/c1-4-6-7-13-28-27(33)30(3)23-10-8-9-22(19-23)24-12-11-21(20-29-24)18-25(35-5-2)26(32)31-14-16-34-17-15-31/h8-12,19-20,25H,4-7,13-18H2,1-3H3,(H,28,33)/t25-/m0/s1. The normalized spacial score (nSPS) is 14.4. The number of hydrogen-bond donors (Lipinski definition) is 1. The Balaban J connectivity index is 1.64. The summed E-state index contributed by atoms with van der Waals surface area (Å²) in [4.78, 5) is 33.5. The number of carbonyl (C=O) groups is 2. The van der Waals surface area contributed by atoms with Crippen LogP contribution in [0.15, 0.2) is 42.6 Å². The van der Waals surface area contributed by atoms with Crippen LogP contribution in [0.4, 0.5) is 10.5 Å². The van der Waals surface area contributed by atoms with Gasteiger partial charge in [0.05, 0.1) is 18.9 Å². The summed E-state index contributed by atoms with van der Waals surface area (Å²) < 4.78 is 11.1. The minimum Gasteiger partial charge on any atom is -0.378 e. The van der Waals surface area contributed by atoms with Crippen molar-refractivity contribution in [1.29, 1.82) is 0 Å². The molecule has 1 aliphatic heterocycles. The molecule has 2 aromatic rings. The van der Waals surface area contributed by atoms with E-state index in [1.807, 2.05) is 48.2 Å². The lowest BCUT2D eigenvalue weighted by Gasteiger charge is -2.30. The molecule has 8 heteroatoms. The van der Waals surface area contributed by atoms with Gasteiger partial charge in [0.25, 0.3) is 5.91 Å². The molecular weight excluding hydrogens is 444 g/mol. The Hall–Kier alpha value is -2.97. The molecule has 3 amide bonds. The highest BCUT2D eigenvalue weighted by molar-refractivity contribution is 5.92. The number of anilines is 1. The zero-order chi connectivity index (χ0) is 25.0. The molecule has 1 aromatic heterocycles. The van der Waals surface area contributed by atoms with Crippen LogP contribution in [0.3, 0.4) is 0 Å². The summed E-state index contributed by atoms with van der Waals surface area (Å²) in [6, 6.07) is 11.6. The highest BCUT2D eigenvalue weighted by Gasteiger charge is 2.26. The van der Waals surface area contributed by atoms with Gasteiger partial charge in [0.1, 0.15) is 6.10 Å². The van der Waals surface area contributed by atoms with Gasteiger partial charge in [-0.25, -0.2) is 4.79 Å². The van der Waals surface area contributed by atoms with Crippen molar-refractivity contribution in [3.05, 3.63) is 48.2 Å². The van der Waals surface area contributed by atoms with Gasteiger partial charge in [-0.05, 0) is 37.1 Å². The van der Waals surface area contributed by atoms with Crippen molar-refractivity contribution >= 4 is 17.6 Å². The summed E-state index contributed by atoms with van der Waals surface area (Å²) in [7, 11) is 1.77. The summed E-state index contributed by atoms with van der Waals surface area (Å²) >= 11 is 0. The fraction of sp³-hybridized carbons (Fsp3) is 0.519. The average Bonchev–Trinajstić information content (AvgIpc) is 2.91. The van der Waals surface area contributed by atoms with Crippen LogP contribution >= 0.6 is 0 Å². The molecule has 35 heavy (non-hydrogen) atoms. The molecule has 1 atom stereocenters. The molecule has 0 bridgehead atoms. The lowest BCUT2D eigenvalue weighted by molar-refractivity contribution is -0.147. The van der Waals surface area contributed by atoms with Gasteiger partial charge in [0, 0.05) is 57.2 Å². The second kappa shape index (κ2) is 13.8. The second-order valence-electron chi connectivity index (χ2n) is 8.69. The highest BCUT2D eigenvalue weighted by Crippen LogP contribution is 2.23. The Bertz CT molecular complexity index is 944. The molecule has 0 spiro atoms. The minimum atomic E-state index is -0.529. The van der Waals surface area contributed by atoms with Gasteiger partial charge in [0.15, 0.2) is 0 Å². The fourth-order valence-electron chi connectivity index (χ4n) is 4.02. The predicted molar refractivity (Wildman–Crippen MR) is 138 cm³/mol. The first-order valence-corrected chi connectivity index (χ1v) is 12.6. The third kappa shape index (κ3) is 7.77. The minimum absolute atomic E-state index is 0.00272. The lowest BCUT2D eigenvalue weighted by atomic mass is 10.1. The average molecular weight is 483 g/mol. The molecule has 190 valence electrons. The van der Waals surface area contributed by atoms with Crippen LogP contribution < -0.4 is 10.2 Å². The number of nitrogens with one attached hydrogen (secondary N) is 1. The van der Waals surface area contributed by atoms with E-state index in [1.54, 1.807) is 18.1 Å². The largest absolute Gasteiger partial charge is 0.378 e. The molecule has 1 fully saturated rings. The Morgan fingerprint density at radius 2 is 1.97 bits per heavy atom. The van der Waals surface area contributed by atoms with Gasteiger partial charge in [-0.3, -0.25) is 14.7 Å². The van der Waals surface area contributed by atoms with Crippen molar-refractivity contribution in [1.82, 2.24) is 15.2 Å². The molecule has 0 aliphatic carbocycles. The number of ether oxygens (including phenoxy) is 2. The number of benzene rings is 1. The van der Waals surface area contributed by atoms with Crippen LogP contribution in [0.2, 0.25) is 0 Å². The van der Waals surface area contributed by atoms with E-state index in [1.165, 1.54) is 0 Å². The topological polar surface area (TPSA) is 84.0 Å². The summed E-state index contributed by atoms with van der Waals surface area (Å²) in [5.41, 5.74) is 3.47. The molecule has 1 aliphatic rings. The van der Waals surface area contributed by atoms with Gasteiger partial charge in [0.2, 0.25) is 0 Å². The number of amides is 3. The molecule has 8 nitrogen and oxygen atoms in total. The van der Waals surface area contributed by atoms with Crippen molar-refractivity contribution in [2.45, 2.75) is 45.6 Å². The van der Waals surface area contributed by atoms with Gasteiger partial charge in [-0.15, -0.1) is 0 Å². The molecule has 0 unspecified atom stereocenters. The van der Waals surface area contributed by atoms with E-state index in [2.05, 4.69) is 17.2 Å². The maximum Gasteiger partial charge on any atom is 0.321 e. The van der Waals surface area contributed by atoms with Gasteiger partial charge >= 0.3 is 6.03 Å². The first-order valence-electron chi connectivity index (χ1n) is 12.6. The number of carbonyl (C=O) groups excluding carboxylic acids is 2. The molecule has 1 saturated heterocycles. The molecule has 0 saturated carbocycles.